The Morgan fingerprint density at radius 1 is 1.04 bits per heavy atom. The molecule has 2 heterocycles. The highest BCUT2D eigenvalue weighted by Gasteiger charge is 2.31. The van der Waals surface area contributed by atoms with Crippen molar-refractivity contribution in [1.29, 1.82) is 0 Å². The lowest BCUT2D eigenvalue weighted by Gasteiger charge is -2.39. The molecule has 0 saturated carbocycles. The van der Waals surface area contributed by atoms with Gasteiger partial charge in [-0.1, -0.05) is 51.1 Å². The number of likely N-dealkylation sites (N-methyl/N-ethyl adjacent to an activating group) is 1. The number of nitrogens with zero attached hydrogens (tertiary/aromatic N) is 6. The van der Waals surface area contributed by atoms with Crippen LogP contribution in [0.4, 0.5) is 0 Å². The zero-order valence-corrected chi connectivity index (χ0v) is 15.0. The first kappa shape index (κ1) is 17.0. The van der Waals surface area contributed by atoms with Gasteiger partial charge in [-0.2, -0.15) is 0 Å². The van der Waals surface area contributed by atoms with Crippen LogP contribution in [-0.2, 0) is 6.54 Å². The van der Waals surface area contributed by atoms with Gasteiger partial charge in [-0.15, -0.1) is 5.10 Å². The first-order valence-corrected chi connectivity index (χ1v) is 8.95. The molecule has 1 unspecified atom stereocenters. The van der Waals surface area contributed by atoms with Crippen LogP contribution in [0.15, 0.2) is 30.3 Å². The molecule has 6 nitrogen and oxygen atoms in total. The summed E-state index contributed by atoms with van der Waals surface area (Å²) in [5, 5.41) is 12.6. The van der Waals surface area contributed by atoms with E-state index >= 15 is 0 Å². The lowest BCUT2D eigenvalue weighted by Crippen LogP contribution is -2.48. The maximum Gasteiger partial charge on any atom is 0.169 e. The van der Waals surface area contributed by atoms with E-state index in [9.17, 15) is 0 Å². The van der Waals surface area contributed by atoms with Gasteiger partial charge in [0.1, 0.15) is 0 Å². The van der Waals surface area contributed by atoms with Crippen molar-refractivity contribution in [2.24, 2.45) is 5.92 Å². The average molecular weight is 328 g/mol. The largest absolute Gasteiger partial charge is 0.301 e. The van der Waals surface area contributed by atoms with E-state index in [-0.39, 0.29) is 6.04 Å². The molecule has 1 atom stereocenters. The van der Waals surface area contributed by atoms with E-state index < -0.39 is 0 Å². The molecule has 0 aliphatic carbocycles. The van der Waals surface area contributed by atoms with Gasteiger partial charge in [0, 0.05) is 26.2 Å². The zero-order valence-electron chi connectivity index (χ0n) is 15.0. The minimum atomic E-state index is 0.266. The SMILES string of the molecule is CCN1CCN(C(c2nnnn2Cc2ccccc2)C(C)C)CC1. The van der Waals surface area contributed by atoms with Crippen molar-refractivity contribution in [3.63, 3.8) is 0 Å². The third-order valence-electron chi connectivity index (χ3n) is 4.88. The Hall–Kier alpha value is -1.79. The number of hydrogen-bond donors (Lipinski definition) is 0. The highest BCUT2D eigenvalue weighted by Crippen LogP contribution is 2.28. The fraction of sp³-hybridized carbons (Fsp3) is 0.611. The third kappa shape index (κ3) is 3.82. The monoisotopic (exact) mass is 328 g/mol. The van der Waals surface area contributed by atoms with Crippen LogP contribution in [0.25, 0.3) is 0 Å². The summed E-state index contributed by atoms with van der Waals surface area (Å²) < 4.78 is 1.96. The fourth-order valence-electron chi connectivity index (χ4n) is 3.53. The van der Waals surface area contributed by atoms with Crippen LogP contribution in [-0.4, -0.2) is 62.7 Å². The minimum Gasteiger partial charge on any atom is -0.301 e. The van der Waals surface area contributed by atoms with Gasteiger partial charge in [-0.25, -0.2) is 4.68 Å². The van der Waals surface area contributed by atoms with E-state index in [2.05, 4.69) is 70.4 Å². The second-order valence-corrected chi connectivity index (χ2v) is 6.84. The number of benzene rings is 1. The van der Waals surface area contributed by atoms with Gasteiger partial charge >= 0.3 is 0 Å². The standard InChI is InChI=1S/C18H28N6/c1-4-22-10-12-23(13-11-22)17(15(2)3)18-19-20-21-24(18)14-16-8-6-5-7-9-16/h5-9,15,17H,4,10-14H2,1-3H3. The van der Waals surface area contributed by atoms with Crippen LogP contribution in [0.1, 0.15) is 38.2 Å². The molecule has 1 saturated heterocycles. The number of piperazine rings is 1. The Morgan fingerprint density at radius 3 is 2.38 bits per heavy atom. The average Bonchev–Trinajstić information content (AvgIpc) is 3.04. The molecule has 1 aliphatic rings. The van der Waals surface area contributed by atoms with Crippen LogP contribution >= 0.6 is 0 Å². The van der Waals surface area contributed by atoms with Crippen molar-refractivity contribution in [3.05, 3.63) is 41.7 Å². The minimum absolute atomic E-state index is 0.266. The first-order chi connectivity index (χ1) is 11.7. The smallest absolute Gasteiger partial charge is 0.169 e. The number of hydrogen-bond acceptors (Lipinski definition) is 5. The van der Waals surface area contributed by atoms with Crippen LogP contribution in [0.5, 0.6) is 0 Å². The van der Waals surface area contributed by atoms with Crippen LogP contribution in [0.3, 0.4) is 0 Å². The lowest BCUT2D eigenvalue weighted by molar-refractivity contribution is 0.0722. The van der Waals surface area contributed by atoms with Gasteiger partial charge in [0.15, 0.2) is 5.82 Å². The van der Waals surface area contributed by atoms with Crippen LogP contribution in [0, 0.1) is 5.92 Å². The van der Waals surface area contributed by atoms with Gasteiger partial charge < -0.3 is 4.90 Å². The molecule has 0 bridgehead atoms. The van der Waals surface area contributed by atoms with Crippen molar-refractivity contribution in [1.82, 2.24) is 30.0 Å². The van der Waals surface area contributed by atoms with Gasteiger partial charge in [-0.3, -0.25) is 4.90 Å². The van der Waals surface area contributed by atoms with E-state index in [1.807, 2.05) is 10.7 Å². The van der Waals surface area contributed by atoms with E-state index in [0.717, 1.165) is 45.1 Å². The second kappa shape index (κ2) is 7.85. The molecule has 0 N–H and O–H groups in total. The zero-order chi connectivity index (χ0) is 16.9. The molecule has 1 aliphatic heterocycles. The van der Waals surface area contributed by atoms with Crippen molar-refractivity contribution in [3.8, 4) is 0 Å². The van der Waals surface area contributed by atoms with E-state index in [1.54, 1.807) is 0 Å². The maximum absolute atomic E-state index is 4.39. The summed E-state index contributed by atoms with van der Waals surface area (Å²) in [5.74, 6) is 1.46. The van der Waals surface area contributed by atoms with Crippen LogP contribution < -0.4 is 0 Å². The van der Waals surface area contributed by atoms with Crippen LogP contribution in [0.2, 0.25) is 0 Å². The van der Waals surface area contributed by atoms with Crippen molar-refractivity contribution in [2.45, 2.75) is 33.4 Å². The quantitative estimate of drug-likeness (QED) is 0.812. The molecule has 1 fully saturated rings. The highest BCUT2D eigenvalue weighted by molar-refractivity contribution is 5.15. The summed E-state index contributed by atoms with van der Waals surface area (Å²) >= 11 is 0. The van der Waals surface area contributed by atoms with E-state index in [1.165, 1.54) is 5.56 Å². The molecular weight excluding hydrogens is 300 g/mol. The van der Waals surface area contributed by atoms with Crippen molar-refractivity contribution >= 4 is 0 Å². The maximum atomic E-state index is 4.39. The van der Waals surface area contributed by atoms with E-state index in [4.69, 9.17) is 0 Å². The summed E-state index contributed by atoms with van der Waals surface area (Å²) in [6.07, 6.45) is 0. The molecule has 2 aromatic rings. The highest BCUT2D eigenvalue weighted by atomic mass is 15.6. The fourth-order valence-corrected chi connectivity index (χ4v) is 3.53. The van der Waals surface area contributed by atoms with Gasteiger partial charge in [0.2, 0.25) is 0 Å². The molecule has 0 radical (unpaired) electrons. The molecule has 0 spiro atoms. The molecule has 3 rings (SSSR count). The summed E-state index contributed by atoms with van der Waals surface area (Å²) in [7, 11) is 0. The Balaban J connectivity index is 1.79. The molecule has 0 amide bonds. The Morgan fingerprint density at radius 2 is 1.75 bits per heavy atom. The normalized spacial score (nSPS) is 18.2. The van der Waals surface area contributed by atoms with Crippen molar-refractivity contribution < 1.29 is 0 Å². The predicted octanol–water partition coefficient (Wildman–Crippen LogP) is 2.06. The Labute approximate surface area is 144 Å². The molecule has 24 heavy (non-hydrogen) atoms. The second-order valence-electron chi connectivity index (χ2n) is 6.84. The van der Waals surface area contributed by atoms with Gasteiger partial charge in [0.05, 0.1) is 12.6 Å². The summed E-state index contributed by atoms with van der Waals surface area (Å²) in [6.45, 7) is 13.0. The number of tetrazole rings is 1. The van der Waals surface area contributed by atoms with Gasteiger partial charge in [-0.05, 0) is 28.5 Å². The molecule has 130 valence electrons. The first-order valence-electron chi connectivity index (χ1n) is 8.95. The molecule has 6 heteroatoms. The van der Waals surface area contributed by atoms with Crippen molar-refractivity contribution in [2.75, 3.05) is 32.7 Å². The third-order valence-corrected chi connectivity index (χ3v) is 4.88. The topological polar surface area (TPSA) is 50.1 Å². The Kier molecular flexibility index (Phi) is 5.58. The van der Waals surface area contributed by atoms with E-state index in [0.29, 0.717) is 5.92 Å². The summed E-state index contributed by atoms with van der Waals surface area (Å²) in [4.78, 5) is 5.05. The van der Waals surface area contributed by atoms with Gasteiger partial charge in [0.25, 0.3) is 0 Å². The molecular formula is C18H28N6. The summed E-state index contributed by atoms with van der Waals surface area (Å²) in [6, 6.07) is 10.7. The predicted molar refractivity (Wildman–Crippen MR) is 94.6 cm³/mol. The lowest BCUT2D eigenvalue weighted by atomic mass is 10.0. The number of rotatable bonds is 6. The summed E-state index contributed by atoms with van der Waals surface area (Å²) in [5.41, 5.74) is 1.23. The Bertz CT molecular complexity index is 615. The number of aromatic nitrogens is 4. The molecule has 1 aromatic carbocycles. The molecule has 1 aromatic heterocycles.